The third-order valence-electron chi connectivity index (χ3n) is 7.23. The van der Waals surface area contributed by atoms with E-state index in [0.29, 0.717) is 0 Å². The highest BCUT2D eigenvalue weighted by Crippen LogP contribution is 2.35. The van der Waals surface area contributed by atoms with Crippen LogP contribution in [0.4, 0.5) is 0 Å². The van der Waals surface area contributed by atoms with Crippen molar-refractivity contribution in [1.29, 1.82) is 0 Å². The zero-order chi connectivity index (χ0) is 22.0. The van der Waals surface area contributed by atoms with Crippen LogP contribution < -0.4 is 20.7 Å². The number of hydrogen-bond acceptors (Lipinski definition) is 1. The summed E-state index contributed by atoms with van der Waals surface area (Å²) in [5.74, 6) is 0. The molecule has 1 unspecified atom stereocenters. The van der Waals surface area contributed by atoms with Gasteiger partial charge in [0.15, 0.2) is 8.07 Å². The number of para-hydroxylation sites is 1. The summed E-state index contributed by atoms with van der Waals surface area (Å²) >= 11 is 0. The molecular weight excluding hydrogens is 416 g/mol. The van der Waals surface area contributed by atoms with E-state index in [-0.39, 0.29) is 0 Å². The van der Waals surface area contributed by atoms with Gasteiger partial charge in [-0.25, -0.2) is 0 Å². The van der Waals surface area contributed by atoms with Crippen LogP contribution >= 0.6 is 0 Å². The van der Waals surface area contributed by atoms with Crippen molar-refractivity contribution in [2.45, 2.75) is 6.92 Å². The number of aryl methyl sites for hydroxylation is 1. The molecule has 0 spiro atoms. The molecule has 0 N–H and O–H groups in total. The molecule has 1 aromatic heterocycles. The van der Waals surface area contributed by atoms with E-state index in [1.165, 1.54) is 48.2 Å². The number of fused-ring (bicyclic) bond motifs is 6. The second kappa shape index (κ2) is 6.81. The fourth-order valence-electron chi connectivity index (χ4n) is 5.77. The van der Waals surface area contributed by atoms with E-state index in [0.717, 1.165) is 11.2 Å². The Bertz CT molecular complexity index is 1660. The molecule has 6 aromatic rings. The highest BCUT2D eigenvalue weighted by atomic mass is 28.3. The minimum absolute atomic E-state index is 0.951. The van der Waals surface area contributed by atoms with Crippen LogP contribution in [0.15, 0.2) is 120 Å². The fourth-order valence-corrected chi connectivity index (χ4v) is 10.9. The Labute approximate surface area is 194 Å². The first-order chi connectivity index (χ1) is 16.3. The molecule has 33 heavy (non-hydrogen) atoms. The van der Waals surface area contributed by atoms with Crippen LogP contribution in [0, 0.1) is 6.92 Å². The summed E-state index contributed by atoms with van der Waals surface area (Å²) < 4.78 is 6.38. The molecule has 7 rings (SSSR count). The SMILES string of the molecule is Cc1ccc([Si]2(c3ccccc3)c3ccccc3-c3cc4c(cc32)oc2ccccc24)cc1. The average molecular weight is 439 g/mol. The number of hydrogen-bond donors (Lipinski definition) is 0. The summed E-state index contributed by atoms with van der Waals surface area (Å²) in [6.45, 7) is 2.16. The third-order valence-corrected chi connectivity index (χ3v) is 12.1. The van der Waals surface area contributed by atoms with Crippen LogP contribution in [0.25, 0.3) is 33.1 Å². The monoisotopic (exact) mass is 438 g/mol. The number of benzene rings is 5. The Balaban J connectivity index is 1.67. The van der Waals surface area contributed by atoms with Gasteiger partial charge in [-0.05, 0) is 57.0 Å². The molecule has 0 saturated heterocycles. The molecule has 0 aliphatic carbocycles. The van der Waals surface area contributed by atoms with E-state index in [4.69, 9.17) is 4.42 Å². The molecular formula is C31H22OSi. The van der Waals surface area contributed by atoms with Gasteiger partial charge in [-0.3, -0.25) is 0 Å². The maximum absolute atomic E-state index is 6.38. The molecule has 2 heteroatoms. The maximum Gasteiger partial charge on any atom is 0.181 e. The predicted molar refractivity (Wildman–Crippen MR) is 141 cm³/mol. The molecule has 0 bridgehead atoms. The first-order valence-corrected chi connectivity index (χ1v) is 13.4. The van der Waals surface area contributed by atoms with Crippen molar-refractivity contribution in [3.05, 3.63) is 121 Å². The minimum atomic E-state index is -2.47. The highest BCUT2D eigenvalue weighted by Gasteiger charge is 2.48. The van der Waals surface area contributed by atoms with E-state index < -0.39 is 8.07 Å². The lowest BCUT2D eigenvalue weighted by atomic mass is 10.0. The minimum Gasteiger partial charge on any atom is -0.456 e. The van der Waals surface area contributed by atoms with Gasteiger partial charge in [0.25, 0.3) is 0 Å². The number of furan rings is 1. The van der Waals surface area contributed by atoms with Crippen LogP contribution in [0.1, 0.15) is 5.56 Å². The Morgan fingerprint density at radius 1 is 0.515 bits per heavy atom. The zero-order valence-electron chi connectivity index (χ0n) is 18.4. The molecule has 0 saturated carbocycles. The molecule has 1 aliphatic heterocycles. The van der Waals surface area contributed by atoms with Crippen LogP contribution in [-0.4, -0.2) is 8.07 Å². The van der Waals surface area contributed by atoms with Crippen molar-refractivity contribution in [3.63, 3.8) is 0 Å². The quantitative estimate of drug-likeness (QED) is 0.336. The van der Waals surface area contributed by atoms with Crippen molar-refractivity contribution in [3.8, 4) is 11.1 Å². The van der Waals surface area contributed by atoms with Crippen LogP contribution in [-0.2, 0) is 0 Å². The summed E-state index contributed by atoms with van der Waals surface area (Å²) in [6, 6.07) is 42.4. The van der Waals surface area contributed by atoms with Gasteiger partial charge in [0.1, 0.15) is 11.2 Å². The zero-order valence-corrected chi connectivity index (χ0v) is 19.4. The number of rotatable bonds is 2. The summed E-state index contributed by atoms with van der Waals surface area (Å²) in [7, 11) is -2.47. The van der Waals surface area contributed by atoms with Gasteiger partial charge in [-0.2, -0.15) is 0 Å². The van der Waals surface area contributed by atoms with E-state index in [1.807, 2.05) is 6.07 Å². The first-order valence-electron chi connectivity index (χ1n) is 11.4. The van der Waals surface area contributed by atoms with E-state index in [1.54, 1.807) is 0 Å². The Kier molecular flexibility index (Phi) is 3.85. The van der Waals surface area contributed by atoms with Crippen LogP contribution in [0.3, 0.4) is 0 Å². The fraction of sp³-hybridized carbons (Fsp3) is 0.0323. The average Bonchev–Trinajstić information content (AvgIpc) is 3.37. The van der Waals surface area contributed by atoms with Crippen molar-refractivity contribution < 1.29 is 4.42 Å². The normalized spacial score (nSPS) is 16.8. The summed E-state index contributed by atoms with van der Waals surface area (Å²) in [6.07, 6.45) is 0. The largest absolute Gasteiger partial charge is 0.456 e. The lowest BCUT2D eigenvalue weighted by Crippen LogP contribution is -2.72. The summed E-state index contributed by atoms with van der Waals surface area (Å²) in [4.78, 5) is 0. The Morgan fingerprint density at radius 3 is 2.06 bits per heavy atom. The van der Waals surface area contributed by atoms with E-state index >= 15 is 0 Å². The lowest BCUT2D eigenvalue weighted by molar-refractivity contribution is 0.669. The van der Waals surface area contributed by atoms with Gasteiger partial charge in [-0.1, -0.05) is 103 Å². The topological polar surface area (TPSA) is 13.1 Å². The van der Waals surface area contributed by atoms with Gasteiger partial charge >= 0.3 is 0 Å². The van der Waals surface area contributed by atoms with Crippen LogP contribution in [0.5, 0.6) is 0 Å². The lowest BCUT2D eigenvalue weighted by Gasteiger charge is -2.31. The van der Waals surface area contributed by atoms with Gasteiger partial charge in [0, 0.05) is 10.8 Å². The predicted octanol–water partition coefficient (Wildman–Crippen LogP) is 5.25. The Hall–Kier alpha value is -3.88. The standard InChI is InChI=1S/C31H22OSi/c1-21-15-17-23(18-16-21)33(22-9-3-2-4-10-22)30-14-8-6-12-25(30)27-19-26-24-11-5-7-13-28(24)32-29(26)20-31(27)33/h2-20H,1H3. The smallest absolute Gasteiger partial charge is 0.181 e. The molecule has 2 heterocycles. The molecule has 5 aromatic carbocycles. The summed E-state index contributed by atoms with van der Waals surface area (Å²) in [5, 5.41) is 8.09. The molecule has 1 atom stereocenters. The molecule has 0 fully saturated rings. The van der Waals surface area contributed by atoms with Crippen LogP contribution in [0.2, 0.25) is 0 Å². The van der Waals surface area contributed by atoms with Crippen molar-refractivity contribution in [2.75, 3.05) is 0 Å². The molecule has 156 valence electrons. The molecule has 1 aliphatic rings. The maximum atomic E-state index is 6.38. The third kappa shape index (κ3) is 2.47. The van der Waals surface area contributed by atoms with Gasteiger partial charge in [-0.15, -0.1) is 0 Å². The molecule has 0 radical (unpaired) electrons. The first kappa shape index (κ1) is 18.7. The van der Waals surface area contributed by atoms with Crippen molar-refractivity contribution in [2.24, 2.45) is 0 Å². The molecule has 0 amide bonds. The van der Waals surface area contributed by atoms with Gasteiger partial charge in [0.2, 0.25) is 0 Å². The van der Waals surface area contributed by atoms with E-state index in [9.17, 15) is 0 Å². The second-order valence-corrected chi connectivity index (χ2v) is 12.8. The van der Waals surface area contributed by atoms with Gasteiger partial charge in [0.05, 0.1) is 0 Å². The molecule has 1 nitrogen and oxygen atoms in total. The highest BCUT2D eigenvalue weighted by molar-refractivity contribution is 7.22. The van der Waals surface area contributed by atoms with Crippen molar-refractivity contribution >= 4 is 50.8 Å². The van der Waals surface area contributed by atoms with E-state index in [2.05, 4.69) is 116 Å². The second-order valence-electron chi connectivity index (χ2n) is 9.02. The Morgan fingerprint density at radius 2 is 1.21 bits per heavy atom. The van der Waals surface area contributed by atoms with Gasteiger partial charge < -0.3 is 4.42 Å². The van der Waals surface area contributed by atoms with Crippen molar-refractivity contribution in [1.82, 2.24) is 0 Å². The summed E-state index contributed by atoms with van der Waals surface area (Å²) in [5.41, 5.74) is 5.92.